The zero-order valence-corrected chi connectivity index (χ0v) is 17.2. The number of furan rings is 1. The van der Waals surface area contributed by atoms with Crippen molar-refractivity contribution in [1.82, 2.24) is 4.72 Å². The number of sulfonamides is 1. The van der Waals surface area contributed by atoms with Crippen molar-refractivity contribution in [2.75, 3.05) is 7.11 Å². The van der Waals surface area contributed by atoms with Gasteiger partial charge in [0, 0.05) is 5.56 Å². The molecule has 0 fully saturated rings. The van der Waals surface area contributed by atoms with E-state index in [1.807, 2.05) is 0 Å². The molecule has 0 saturated carbocycles. The van der Waals surface area contributed by atoms with Crippen molar-refractivity contribution < 1.29 is 31.5 Å². The molecule has 1 heterocycles. The first-order valence-electron chi connectivity index (χ1n) is 8.92. The van der Waals surface area contributed by atoms with Gasteiger partial charge in [0.15, 0.2) is 0 Å². The first-order chi connectivity index (χ1) is 14.3. The third-order valence-corrected chi connectivity index (χ3v) is 5.76. The smallest absolute Gasteiger partial charge is 0.338 e. The summed E-state index contributed by atoms with van der Waals surface area (Å²) in [6.07, 6.45) is 1.44. The SMILES string of the molecule is COc1ccc(F)cc1COC(=O)c1cc(S(=O)(=O)NCc2ccco2)ccc1C. The molecule has 0 saturated heterocycles. The Morgan fingerprint density at radius 1 is 1.17 bits per heavy atom. The van der Waals surface area contributed by atoms with Crippen molar-refractivity contribution in [3.8, 4) is 5.75 Å². The Kier molecular flexibility index (Phi) is 6.53. The molecule has 0 radical (unpaired) electrons. The van der Waals surface area contributed by atoms with Crippen LogP contribution in [0.5, 0.6) is 5.75 Å². The molecule has 0 unspecified atom stereocenters. The molecule has 9 heteroatoms. The Balaban J connectivity index is 1.76. The summed E-state index contributed by atoms with van der Waals surface area (Å²) >= 11 is 0. The van der Waals surface area contributed by atoms with Gasteiger partial charge in [-0.3, -0.25) is 0 Å². The van der Waals surface area contributed by atoms with Gasteiger partial charge in [0.2, 0.25) is 10.0 Å². The molecule has 2 aromatic carbocycles. The molecule has 3 aromatic rings. The quantitative estimate of drug-likeness (QED) is 0.546. The summed E-state index contributed by atoms with van der Waals surface area (Å²) in [5, 5.41) is 0. The number of hydrogen-bond acceptors (Lipinski definition) is 6. The minimum absolute atomic E-state index is 0.0254. The number of rotatable bonds is 8. The summed E-state index contributed by atoms with van der Waals surface area (Å²) < 4.78 is 56.5. The molecule has 0 aliphatic rings. The first kappa shape index (κ1) is 21.5. The third-order valence-electron chi connectivity index (χ3n) is 4.36. The van der Waals surface area contributed by atoms with Gasteiger partial charge >= 0.3 is 5.97 Å². The fourth-order valence-corrected chi connectivity index (χ4v) is 3.75. The standard InChI is InChI=1S/C21H20FNO6S/c1-14-5-7-18(30(25,26)23-12-17-4-3-9-28-17)11-19(14)21(24)29-13-15-10-16(22)6-8-20(15)27-2/h3-11,23H,12-13H2,1-2H3. The molecule has 158 valence electrons. The summed E-state index contributed by atoms with van der Waals surface area (Å²) in [6, 6.07) is 11.3. The summed E-state index contributed by atoms with van der Waals surface area (Å²) in [7, 11) is -2.46. The number of methoxy groups -OCH3 is 1. The normalized spacial score (nSPS) is 11.3. The van der Waals surface area contributed by atoms with Gasteiger partial charge in [0.25, 0.3) is 0 Å². The van der Waals surface area contributed by atoms with Crippen LogP contribution in [-0.2, 0) is 27.9 Å². The van der Waals surface area contributed by atoms with Gasteiger partial charge in [-0.05, 0) is 55.0 Å². The molecule has 0 bridgehead atoms. The van der Waals surface area contributed by atoms with Crippen molar-refractivity contribution in [3.63, 3.8) is 0 Å². The van der Waals surface area contributed by atoms with Crippen LogP contribution in [0.4, 0.5) is 4.39 Å². The van der Waals surface area contributed by atoms with Crippen molar-refractivity contribution in [2.24, 2.45) is 0 Å². The first-order valence-corrected chi connectivity index (χ1v) is 10.4. The highest BCUT2D eigenvalue weighted by Crippen LogP contribution is 2.22. The Bertz CT molecular complexity index is 1140. The molecular weight excluding hydrogens is 413 g/mol. The second-order valence-electron chi connectivity index (χ2n) is 6.41. The molecule has 0 atom stereocenters. The van der Waals surface area contributed by atoms with Gasteiger partial charge in [0.1, 0.15) is 23.9 Å². The van der Waals surface area contributed by atoms with Crippen LogP contribution >= 0.6 is 0 Å². The van der Waals surface area contributed by atoms with Crippen molar-refractivity contribution >= 4 is 16.0 Å². The van der Waals surface area contributed by atoms with Gasteiger partial charge in [-0.1, -0.05) is 6.07 Å². The second kappa shape index (κ2) is 9.10. The van der Waals surface area contributed by atoms with E-state index in [2.05, 4.69) is 4.72 Å². The van der Waals surface area contributed by atoms with Gasteiger partial charge in [0.05, 0.1) is 30.4 Å². The highest BCUT2D eigenvalue weighted by atomic mass is 32.2. The Hall–Kier alpha value is -3.17. The number of halogens is 1. The van der Waals surface area contributed by atoms with Crippen LogP contribution in [0.25, 0.3) is 0 Å². The summed E-state index contributed by atoms with van der Waals surface area (Å²) in [6.45, 7) is 1.40. The van der Waals surface area contributed by atoms with Gasteiger partial charge in [-0.15, -0.1) is 0 Å². The van der Waals surface area contributed by atoms with E-state index in [1.54, 1.807) is 19.1 Å². The predicted molar refractivity (Wildman–Crippen MR) is 106 cm³/mol. The van der Waals surface area contributed by atoms with Crippen LogP contribution in [0, 0.1) is 12.7 Å². The van der Waals surface area contributed by atoms with E-state index in [-0.39, 0.29) is 23.6 Å². The largest absolute Gasteiger partial charge is 0.496 e. The van der Waals surface area contributed by atoms with Crippen LogP contribution in [0.3, 0.4) is 0 Å². The number of carbonyl (C=O) groups is 1. The highest BCUT2D eigenvalue weighted by Gasteiger charge is 2.19. The Labute approximate surface area is 173 Å². The molecule has 0 aliphatic carbocycles. The monoisotopic (exact) mass is 433 g/mol. The van der Waals surface area contributed by atoms with Gasteiger partial charge in [-0.2, -0.15) is 0 Å². The van der Waals surface area contributed by atoms with Crippen LogP contribution in [0.2, 0.25) is 0 Å². The summed E-state index contributed by atoms with van der Waals surface area (Å²) in [5.41, 5.74) is 0.981. The van der Waals surface area contributed by atoms with Crippen LogP contribution < -0.4 is 9.46 Å². The van der Waals surface area contributed by atoms with E-state index in [9.17, 15) is 17.6 Å². The average molecular weight is 433 g/mol. The van der Waals surface area contributed by atoms with E-state index in [0.29, 0.717) is 22.6 Å². The van der Waals surface area contributed by atoms with Crippen molar-refractivity contribution in [1.29, 1.82) is 0 Å². The van der Waals surface area contributed by atoms with E-state index in [0.717, 1.165) is 0 Å². The van der Waals surface area contributed by atoms with Gasteiger partial charge < -0.3 is 13.9 Å². The van der Waals surface area contributed by atoms with E-state index in [1.165, 1.54) is 49.8 Å². The maximum Gasteiger partial charge on any atom is 0.338 e. The number of carbonyl (C=O) groups excluding carboxylic acids is 1. The summed E-state index contributed by atoms with van der Waals surface area (Å²) in [5.74, 6) is -0.399. The zero-order valence-electron chi connectivity index (χ0n) is 16.3. The Morgan fingerprint density at radius 2 is 1.97 bits per heavy atom. The second-order valence-corrected chi connectivity index (χ2v) is 8.18. The molecular formula is C21H20FNO6S. The number of benzene rings is 2. The molecule has 30 heavy (non-hydrogen) atoms. The lowest BCUT2D eigenvalue weighted by Gasteiger charge is -2.12. The molecule has 0 amide bonds. The van der Waals surface area contributed by atoms with E-state index in [4.69, 9.17) is 13.9 Å². The predicted octanol–water partition coefficient (Wildman–Crippen LogP) is 3.57. The van der Waals surface area contributed by atoms with Crippen LogP contribution in [0.15, 0.2) is 64.1 Å². The lowest BCUT2D eigenvalue weighted by atomic mass is 10.1. The fourth-order valence-electron chi connectivity index (χ4n) is 2.73. The van der Waals surface area contributed by atoms with E-state index < -0.39 is 21.8 Å². The molecule has 1 N–H and O–H groups in total. The number of aryl methyl sites for hydroxylation is 1. The minimum Gasteiger partial charge on any atom is -0.496 e. The number of nitrogens with one attached hydrogen (secondary N) is 1. The highest BCUT2D eigenvalue weighted by molar-refractivity contribution is 7.89. The number of hydrogen-bond donors (Lipinski definition) is 1. The van der Waals surface area contributed by atoms with Crippen molar-refractivity contribution in [2.45, 2.75) is 25.0 Å². The van der Waals surface area contributed by atoms with Gasteiger partial charge in [-0.25, -0.2) is 22.3 Å². The third kappa shape index (κ3) is 5.05. The lowest BCUT2D eigenvalue weighted by Crippen LogP contribution is -2.23. The number of ether oxygens (including phenoxy) is 2. The zero-order chi connectivity index (χ0) is 21.7. The molecule has 3 rings (SSSR count). The maximum absolute atomic E-state index is 13.5. The van der Waals surface area contributed by atoms with Crippen LogP contribution in [0.1, 0.15) is 27.2 Å². The topological polar surface area (TPSA) is 94.8 Å². The van der Waals surface area contributed by atoms with E-state index >= 15 is 0 Å². The van der Waals surface area contributed by atoms with Crippen molar-refractivity contribution in [3.05, 3.63) is 83.1 Å². The minimum atomic E-state index is -3.88. The maximum atomic E-state index is 13.5. The number of esters is 1. The summed E-state index contributed by atoms with van der Waals surface area (Å²) in [4.78, 5) is 12.5. The average Bonchev–Trinajstić information content (AvgIpc) is 3.24. The molecule has 7 nitrogen and oxygen atoms in total. The molecule has 0 spiro atoms. The Morgan fingerprint density at radius 3 is 2.67 bits per heavy atom. The lowest BCUT2D eigenvalue weighted by molar-refractivity contribution is 0.0468. The fraction of sp³-hybridized carbons (Fsp3) is 0.190. The molecule has 0 aliphatic heterocycles. The molecule has 1 aromatic heterocycles. The van der Waals surface area contributed by atoms with Crippen LogP contribution in [-0.4, -0.2) is 21.5 Å².